The van der Waals surface area contributed by atoms with Crippen LogP contribution >= 0.6 is 0 Å². The van der Waals surface area contributed by atoms with Crippen molar-refractivity contribution in [3.63, 3.8) is 0 Å². The Morgan fingerprint density at radius 3 is 2.57 bits per heavy atom. The number of carbonyl (C=O) groups is 1. The van der Waals surface area contributed by atoms with Gasteiger partial charge in [-0.3, -0.25) is 0 Å². The number of aromatic carboxylic acids is 1. The number of hydrogen-bond acceptors (Lipinski definition) is 2. The molecule has 0 amide bonds. The summed E-state index contributed by atoms with van der Waals surface area (Å²) in [6.07, 6.45) is 1.55. The van der Waals surface area contributed by atoms with Crippen molar-refractivity contribution in [3.8, 4) is 5.75 Å². The summed E-state index contributed by atoms with van der Waals surface area (Å²) in [6, 6.07) is 2.88. The molecule has 3 nitrogen and oxygen atoms in total. The average molecular weight is 194 g/mol. The zero-order valence-electron chi connectivity index (χ0n) is 8.37. The second kappa shape index (κ2) is 4.13. The van der Waals surface area contributed by atoms with E-state index in [0.29, 0.717) is 17.5 Å². The Morgan fingerprint density at radius 2 is 2.07 bits per heavy atom. The molecule has 0 spiro atoms. The van der Waals surface area contributed by atoms with Gasteiger partial charge >= 0.3 is 5.97 Å². The van der Waals surface area contributed by atoms with Crippen LogP contribution in [-0.2, 0) is 6.42 Å². The summed E-state index contributed by atoms with van der Waals surface area (Å²) in [5.41, 5.74) is 1.70. The van der Waals surface area contributed by atoms with Gasteiger partial charge in [-0.05, 0) is 36.6 Å². The van der Waals surface area contributed by atoms with Crippen LogP contribution < -0.4 is 0 Å². The van der Waals surface area contributed by atoms with E-state index in [1.807, 2.05) is 6.92 Å². The fraction of sp³-hybridized carbons (Fsp3) is 0.364. The minimum absolute atomic E-state index is 0.165. The minimum atomic E-state index is -0.934. The highest BCUT2D eigenvalue weighted by Crippen LogP contribution is 2.24. The van der Waals surface area contributed by atoms with Gasteiger partial charge in [0, 0.05) is 0 Å². The van der Waals surface area contributed by atoms with Gasteiger partial charge in [0.25, 0.3) is 0 Å². The lowest BCUT2D eigenvalue weighted by Gasteiger charge is -2.09. The van der Waals surface area contributed by atoms with Gasteiger partial charge in [-0.2, -0.15) is 0 Å². The van der Waals surface area contributed by atoms with Crippen LogP contribution in [0.5, 0.6) is 5.75 Å². The lowest BCUT2D eigenvalue weighted by atomic mass is 9.97. The van der Waals surface area contributed by atoms with Gasteiger partial charge < -0.3 is 10.2 Å². The Kier molecular flexibility index (Phi) is 3.12. The number of carboxylic acids is 1. The van der Waals surface area contributed by atoms with Crippen LogP contribution in [0, 0.1) is 6.92 Å². The molecule has 1 aromatic carbocycles. The Labute approximate surface area is 83.0 Å². The second-order valence-electron chi connectivity index (χ2n) is 3.29. The summed E-state index contributed by atoms with van der Waals surface area (Å²) in [5.74, 6) is -0.769. The molecule has 0 fully saturated rings. The molecule has 0 aliphatic rings. The lowest BCUT2D eigenvalue weighted by Crippen LogP contribution is -2.04. The maximum Gasteiger partial charge on any atom is 0.335 e. The first-order valence-corrected chi connectivity index (χ1v) is 4.62. The lowest BCUT2D eigenvalue weighted by molar-refractivity contribution is 0.0695. The zero-order chi connectivity index (χ0) is 10.7. The van der Waals surface area contributed by atoms with Gasteiger partial charge in [-0.1, -0.05) is 13.3 Å². The molecule has 0 heterocycles. The summed E-state index contributed by atoms with van der Waals surface area (Å²) < 4.78 is 0. The molecule has 1 aromatic rings. The second-order valence-corrected chi connectivity index (χ2v) is 3.29. The van der Waals surface area contributed by atoms with E-state index in [-0.39, 0.29) is 5.75 Å². The van der Waals surface area contributed by atoms with E-state index in [9.17, 15) is 9.90 Å². The highest BCUT2D eigenvalue weighted by Gasteiger charge is 2.13. The van der Waals surface area contributed by atoms with E-state index in [1.54, 1.807) is 6.92 Å². The van der Waals surface area contributed by atoms with Gasteiger partial charge in [-0.25, -0.2) is 4.79 Å². The molecular weight excluding hydrogens is 180 g/mol. The molecule has 0 bridgehead atoms. The molecule has 76 valence electrons. The number of rotatable bonds is 3. The third kappa shape index (κ3) is 1.87. The molecule has 0 aromatic heterocycles. The topological polar surface area (TPSA) is 57.5 Å². The molecule has 1 rings (SSSR count). The van der Waals surface area contributed by atoms with E-state index in [0.717, 1.165) is 12.0 Å². The number of hydrogen-bond donors (Lipinski definition) is 2. The number of benzene rings is 1. The smallest absolute Gasteiger partial charge is 0.335 e. The van der Waals surface area contributed by atoms with Crippen LogP contribution in [0.4, 0.5) is 0 Å². The van der Waals surface area contributed by atoms with E-state index >= 15 is 0 Å². The molecule has 0 unspecified atom stereocenters. The number of carboxylic acid groups (broad SMARTS) is 1. The maximum absolute atomic E-state index is 10.9. The van der Waals surface area contributed by atoms with Gasteiger partial charge in [0.2, 0.25) is 0 Å². The van der Waals surface area contributed by atoms with Crippen molar-refractivity contribution in [2.75, 3.05) is 0 Å². The van der Waals surface area contributed by atoms with Crippen molar-refractivity contribution >= 4 is 5.97 Å². The van der Waals surface area contributed by atoms with Crippen LogP contribution in [0.15, 0.2) is 12.1 Å². The van der Waals surface area contributed by atoms with E-state index in [1.165, 1.54) is 12.1 Å². The molecule has 0 aliphatic carbocycles. The first kappa shape index (κ1) is 10.6. The predicted molar refractivity (Wildman–Crippen MR) is 53.8 cm³/mol. The molecule has 14 heavy (non-hydrogen) atoms. The largest absolute Gasteiger partial charge is 0.508 e. The van der Waals surface area contributed by atoms with Crippen LogP contribution in [0.25, 0.3) is 0 Å². The quantitative estimate of drug-likeness (QED) is 0.776. The molecule has 2 N–H and O–H groups in total. The molecule has 0 aliphatic heterocycles. The third-order valence-corrected chi connectivity index (χ3v) is 2.30. The van der Waals surface area contributed by atoms with Crippen LogP contribution in [0.1, 0.15) is 34.8 Å². The number of phenolic OH excluding ortho intramolecular Hbond substituents is 1. The molecule has 0 radical (unpaired) electrons. The van der Waals surface area contributed by atoms with Crippen molar-refractivity contribution in [2.24, 2.45) is 0 Å². The average Bonchev–Trinajstić information content (AvgIpc) is 2.13. The Morgan fingerprint density at radius 1 is 1.43 bits per heavy atom. The first-order chi connectivity index (χ1) is 6.57. The van der Waals surface area contributed by atoms with Gasteiger partial charge in [0.15, 0.2) is 0 Å². The summed E-state index contributed by atoms with van der Waals surface area (Å²) in [6.45, 7) is 3.72. The molecule has 0 saturated carbocycles. The van der Waals surface area contributed by atoms with Crippen LogP contribution in [0.3, 0.4) is 0 Å². The highest BCUT2D eigenvalue weighted by molar-refractivity contribution is 5.90. The van der Waals surface area contributed by atoms with E-state index < -0.39 is 5.97 Å². The summed E-state index contributed by atoms with van der Waals surface area (Å²) in [7, 11) is 0. The molecule has 0 saturated heterocycles. The van der Waals surface area contributed by atoms with Crippen LogP contribution in [-0.4, -0.2) is 16.2 Å². The fourth-order valence-corrected chi connectivity index (χ4v) is 1.52. The maximum atomic E-state index is 10.9. The van der Waals surface area contributed by atoms with Gasteiger partial charge in [0.1, 0.15) is 5.75 Å². The van der Waals surface area contributed by atoms with Crippen molar-refractivity contribution in [3.05, 3.63) is 28.8 Å². The molecule has 3 heteroatoms. The Balaban J connectivity index is 3.29. The number of phenols is 1. The third-order valence-electron chi connectivity index (χ3n) is 2.30. The van der Waals surface area contributed by atoms with Crippen molar-refractivity contribution in [1.29, 1.82) is 0 Å². The monoisotopic (exact) mass is 194 g/mol. The van der Waals surface area contributed by atoms with Crippen molar-refractivity contribution in [1.82, 2.24) is 0 Å². The van der Waals surface area contributed by atoms with Gasteiger partial charge in [-0.15, -0.1) is 0 Å². The Hall–Kier alpha value is -1.51. The van der Waals surface area contributed by atoms with Gasteiger partial charge in [0.05, 0.1) is 5.56 Å². The van der Waals surface area contributed by atoms with E-state index in [4.69, 9.17) is 5.11 Å². The summed E-state index contributed by atoms with van der Waals surface area (Å²) in [4.78, 5) is 10.9. The standard InChI is InChI=1S/C11H14O3/c1-3-4-8-7(2)10(12)6-5-9(8)11(13)14/h5-6,12H,3-4H2,1-2H3,(H,13,14). The fourth-order valence-electron chi connectivity index (χ4n) is 1.52. The van der Waals surface area contributed by atoms with Crippen molar-refractivity contribution < 1.29 is 15.0 Å². The highest BCUT2D eigenvalue weighted by atomic mass is 16.4. The van der Waals surface area contributed by atoms with E-state index in [2.05, 4.69) is 0 Å². The SMILES string of the molecule is CCCc1c(C(=O)O)ccc(O)c1C. The zero-order valence-corrected chi connectivity index (χ0v) is 8.37. The Bertz CT molecular complexity index is 356. The molecule has 0 atom stereocenters. The molecular formula is C11H14O3. The van der Waals surface area contributed by atoms with Crippen molar-refractivity contribution in [2.45, 2.75) is 26.7 Å². The first-order valence-electron chi connectivity index (χ1n) is 4.62. The summed E-state index contributed by atoms with van der Waals surface area (Å²) >= 11 is 0. The summed E-state index contributed by atoms with van der Waals surface area (Å²) in [5, 5.41) is 18.4. The van der Waals surface area contributed by atoms with Crippen LogP contribution in [0.2, 0.25) is 0 Å². The predicted octanol–water partition coefficient (Wildman–Crippen LogP) is 2.35. The number of aromatic hydroxyl groups is 1. The minimum Gasteiger partial charge on any atom is -0.508 e. The normalized spacial score (nSPS) is 10.1.